The van der Waals surface area contributed by atoms with Gasteiger partial charge in [-0.3, -0.25) is 4.18 Å². The Morgan fingerprint density at radius 3 is 2.68 bits per heavy atom. The quantitative estimate of drug-likeness (QED) is 0.249. The number of hydrogen-bond donors (Lipinski definition) is 0. The summed E-state index contributed by atoms with van der Waals surface area (Å²) in [5.41, 5.74) is 3.81. The van der Waals surface area contributed by atoms with Crippen LogP contribution in [0.15, 0.2) is 36.4 Å². The summed E-state index contributed by atoms with van der Waals surface area (Å²) in [6, 6.07) is 11.9. The number of rotatable bonds is 8. The zero-order chi connectivity index (χ0) is 31.1. The first-order chi connectivity index (χ1) is 21.1. The standard InChI is InChI=1S/C34H44ClNO7S/c1-40-32(23-6-4-8-27(17-23)43-44(3,38)39)28-12-9-25(28)19-36-20-34(15-5-7-22-16-26(35)11-13-29(22)34)21-42-31-14-10-24(18-30(31)36)33(37)41-2/h10-11,13-14,16,18,23,25,27-28,32H,4-9,12,15,17,19-21H2,1-3H3/t23-,25-,27+,28+,32+,34?/m0/s1. The van der Waals surface area contributed by atoms with E-state index in [2.05, 4.69) is 17.0 Å². The van der Waals surface area contributed by atoms with E-state index in [0.717, 1.165) is 87.2 Å². The molecule has 1 heterocycles. The molecule has 3 aliphatic carbocycles. The van der Waals surface area contributed by atoms with Crippen LogP contribution in [0.1, 0.15) is 72.9 Å². The van der Waals surface area contributed by atoms with Crippen molar-refractivity contribution in [2.24, 2.45) is 17.8 Å². The molecule has 2 aromatic carbocycles. The van der Waals surface area contributed by atoms with Gasteiger partial charge in [-0.05, 0) is 111 Å². The van der Waals surface area contributed by atoms with Gasteiger partial charge < -0.3 is 19.1 Å². The van der Waals surface area contributed by atoms with E-state index < -0.39 is 10.1 Å². The topological polar surface area (TPSA) is 91.4 Å². The molecule has 44 heavy (non-hydrogen) atoms. The van der Waals surface area contributed by atoms with Crippen LogP contribution >= 0.6 is 11.6 Å². The lowest BCUT2D eigenvalue weighted by Gasteiger charge is -2.48. The minimum atomic E-state index is -3.50. The number of fused-ring (bicyclic) bond motifs is 3. The van der Waals surface area contributed by atoms with E-state index in [1.54, 1.807) is 13.2 Å². The summed E-state index contributed by atoms with van der Waals surface area (Å²) in [4.78, 5) is 15.0. The van der Waals surface area contributed by atoms with Gasteiger partial charge in [-0.25, -0.2) is 4.79 Å². The Labute approximate surface area is 266 Å². The molecule has 0 N–H and O–H groups in total. The molecule has 6 rings (SSSR count). The lowest BCUT2D eigenvalue weighted by molar-refractivity contribution is -0.0693. The smallest absolute Gasteiger partial charge is 0.337 e. The van der Waals surface area contributed by atoms with Crippen LogP contribution in [-0.4, -0.2) is 66.8 Å². The van der Waals surface area contributed by atoms with Gasteiger partial charge in [0.2, 0.25) is 0 Å². The number of esters is 1. The van der Waals surface area contributed by atoms with Crippen molar-refractivity contribution in [2.45, 2.75) is 75.4 Å². The molecule has 6 atom stereocenters. The molecule has 0 bridgehead atoms. The Kier molecular flexibility index (Phi) is 9.22. The van der Waals surface area contributed by atoms with Crippen molar-refractivity contribution in [3.8, 4) is 5.75 Å². The van der Waals surface area contributed by atoms with Crippen molar-refractivity contribution < 1.29 is 31.6 Å². The molecule has 10 heteroatoms. The monoisotopic (exact) mass is 645 g/mol. The average molecular weight is 646 g/mol. The fraction of sp³-hybridized carbons (Fsp3) is 0.618. The van der Waals surface area contributed by atoms with Gasteiger partial charge in [0.15, 0.2) is 0 Å². The Hall–Kier alpha value is -2.33. The van der Waals surface area contributed by atoms with Crippen LogP contribution < -0.4 is 9.64 Å². The van der Waals surface area contributed by atoms with Crippen molar-refractivity contribution in [3.63, 3.8) is 0 Å². The third-order valence-electron chi connectivity index (χ3n) is 10.5. The Morgan fingerprint density at radius 1 is 1.11 bits per heavy atom. The fourth-order valence-electron chi connectivity index (χ4n) is 8.43. The molecule has 2 saturated carbocycles. The lowest BCUT2D eigenvalue weighted by Crippen LogP contribution is -2.51. The van der Waals surface area contributed by atoms with Crippen LogP contribution in [0.5, 0.6) is 5.75 Å². The largest absolute Gasteiger partial charge is 0.490 e. The summed E-state index contributed by atoms with van der Waals surface area (Å²) in [6.07, 6.45) is 9.51. The molecule has 2 fully saturated rings. The first kappa shape index (κ1) is 31.6. The predicted molar refractivity (Wildman–Crippen MR) is 170 cm³/mol. The highest BCUT2D eigenvalue weighted by atomic mass is 35.5. The predicted octanol–water partition coefficient (Wildman–Crippen LogP) is 6.18. The maximum Gasteiger partial charge on any atom is 0.337 e. The van der Waals surface area contributed by atoms with Crippen molar-refractivity contribution >= 4 is 33.4 Å². The second kappa shape index (κ2) is 12.8. The molecule has 4 aliphatic rings. The number of halogens is 1. The van der Waals surface area contributed by atoms with E-state index in [1.807, 2.05) is 18.2 Å². The summed E-state index contributed by atoms with van der Waals surface area (Å²) in [5.74, 6) is 1.40. The number of hydrogen-bond acceptors (Lipinski definition) is 8. The van der Waals surface area contributed by atoms with Gasteiger partial charge in [-0.2, -0.15) is 8.42 Å². The van der Waals surface area contributed by atoms with Gasteiger partial charge in [-0.15, -0.1) is 0 Å². The molecule has 0 aromatic heterocycles. The number of carbonyl (C=O) groups is 1. The molecule has 1 spiro atoms. The van der Waals surface area contributed by atoms with Crippen LogP contribution in [0.4, 0.5) is 5.69 Å². The first-order valence-corrected chi connectivity index (χ1v) is 18.1. The number of aryl methyl sites for hydroxylation is 1. The molecule has 2 aromatic rings. The zero-order valence-corrected chi connectivity index (χ0v) is 27.5. The number of nitrogens with zero attached hydrogens (tertiary/aromatic N) is 1. The molecule has 1 aliphatic heterocycles. The summed E-state index contributed by atoms with van der Waals surface area (Å²) in [5, 5.41) is 0.757. The maximum atomic E-state index is 12.6. The van der Waals surface area contributed by atoms with Crippen molar-refractivity contribution in [2.75, 3.05) is 45.1 Å². The summed E-state index contributed by atoms with van der Waals surface area (Å²) in [6.45, 7) is 2.14. The highest BCUT2D eigenvalue weighted by Gasteiger charge is 2.46. The molecule has 8 nitrogen and oxygen atoms in total. The van der Waals surface area contributed by atoms with E-state index in [0.29, 0.717) is 30.4 Å². The third kappa shape index (κ3) is 6.48. The first-order valence-electron chi connectivity index (χ1n) is 15.9. The third-order valence-corrected chi connectivity index (χ3v) is 11.4. The molecule has 0 saturated heterocycles. The van der Waals surface area contributed by atoms with Gasteiger partial charge >= 0.3 is 5.97 Å². The second-order valence-corrected chi connectivity index (χ2v) is 15.4. The highest BCUT2D eigenvalue weighted by Crippen LogP contribution is 2.48. The number of methoxy groups -OCH3 is 2. The zero-order valence-electron chi connectivity index (χ0n) is 25.9. The lowest BCUT2D eigenvalue weighted by atomic mass is 9.65. The number of benzene rings is 2. The normalized spacial score (nSPS) is 29.0. The molecule has 240 valence electrons. The Balaban J connectivity index is 1.29. The molecular weight excluding hydrogens is 602 g/mol. The van der Waals surface area contributed by atoms with Gasteiger partial charge in [0.1, 0.15) is 5.75 Å². The van der Waals surface area contributed by atoms with Gasteiger partial charge in [0.05, 0.1) is 43.4 Å². The van der Waals surface area contributed by atoms with E-state index in [1.165, 1.54) is 18.2 Å². The number of ether oxygens (including phenoxy) is 3. The summed E-state index contributed by atoms with van der Waals surface area (Å²) < 4.78 is 47.0. The van der Waals surface area contributed by atoms with E-state index in [9.17, 15) is 13.2 Å². The second-order valence-electron chi connectivity index (χ2n) is 13.3. The van der Waals surface area contributed by atoms with Crippen LogP contribution in [0.2, 0.25) is 5.02 Å². The van der Waals surface area contributed by atoms with E-state index in [4.69, 9.17) is 30.0 Å². The number of anilines is 1. The van der Waals surface area contributed by atoms with Gasteiger partial charge in [0.25, 0.3) is 10.1 Å². The average Bonchev–Trinajstić information content (AvgIpc) is 3.13. The Bertz CT molecular complexity index is 1480. The summed E-state index contributed by atoms with van der Waals surface area (Å²) in [7, 11) is -0.308. The van der Waals surface area contributed by atoms with E-state index in [-0.39, 0.29) is 29.5 Å². The Morgan fingerprint density at radius 2 is 1.95 bits per heavy atom. The molecular formula is C34H44ClNO7S. The molecule has 0 amide bonds. The SMILES string of the molecule is COC(=O)c1ccc2c(c1)N(C[C@@H]1CC[C@H]1[C@H](OC)[C@H]1CCC[C@@H](OS(C)(=O)=O)C1)CC1(CCCc3cc(Cl)ccc31)CO2. The molecule has 1 unspecified atom stereocenters. The molecule has 0 radical (unpaired) electrons. The highest BCUT2D eigenvalue weighted by molar-refractivity contribution is 7.86. The van der Waals surface area contributed by atoms with Crippen molar-refractivity contribution in [3.05, 3.63) is 58.1 Å². The number of carbonyl (C=O) groups excluding carboxylic acids is 1. The van der Waals surface area contributed by atoms with Crippen LogP contribution in [0.25, 0.3) is 0 Å². The van der Waals surface area contributed by atoms with Gasteiger partial charge in [-0.1, -0.05) is 24.1 Å². The van der Waals surface area contributed by atoms with Crippen molar-refractivity contribution in [1.29, 1.82) is 0 Å². The minimum absolute atomic E-state index is 0.0373. The van der Waals surface area contributed by atoms with Crippen LogP contribution in [-0.2, 0) is 35.6 Å². The van der Waals surface area contributed by atoms with E-state index >= 15 is 0 Å². The van der Waals surface area contributed by atoms with Crippen molar-refractivity contribution in [1.82, 2.24) is 0 Å². The van der Waals surface area contributed by atoms with Crippen LogP contribution in [0.3, 0.4) is 0 Å². The maximum absolute atomic E-state index is 12.6. The summed E-state index contributed by atoms with van der Waals surface area (Å²) >= 11 is 6.42. The van der Waals surface area contributed by atoms with Gasteiger partial charge in [0, 0.05) is 30.6 Å². The van der Waals surface area contributed by atoms with Crippen LogP contribution in [0, 0.1) is 17.8 Å². The fourth-order valence-corrected chi connectivity index (χ4v) is 9.29. The minimum Gasteiger partial charge on any atom is -0.490 e.